The number of fused-ring (bicyclic) bond motifs is 8. The van der Waals surface area contributed by atoms with Crippen molar-refractivity contribution in [3.63, 3.8) is 0 Å². The molecule has 210 valence electrons. The molecule has 0 radical (unpaired) electrons. The molecule has 1 atom stereocenters. The lowest BCUT2D eigenvalue weighted by Crippen LogP contribution is -2.53. The second kappa shape index (κ2) is 12.8. The summed E-state index contributed by atoms with van der Waals surface area (Å²) in [6.07, 6.45) is 1.39. The monoisotopic (exact) mass is 546 g/mol. The second-order valence-electron chi connectivity index (χ2n) is 9.89. The predicted octanol–water partition coefficient (Wildman–Crippen LogP) is 1.99. The van der Waals surface area contributed by atoms with Crippen LogP contribution < -0.4 is 20.1 Å². The maximum absolute atomic E-state index is 13.0. The van der Waals surface area contributed by atoms with Crippen molar-refractivity contribution in [2.24, 2.45) is 0 Å². The van der Waals surface area contributed by atoms with E-state index >= 15 is 0 Å². The number of ether oxygens (including phenoxy) is 3. The van der Waals surface area contributed by atoms with E-state index < -0.39 is 6.10 Å². The van der Waals surface area contributed by atoms with Gasteiger partial charge in [0.05, 0.1) is 39.0 Å². The van der Waals surface area contributed by atoms with E-state index in [-0.39, 0.29) is 38.1 Å². The standard InChI is InChI=1S/C29H34N6O5/c1-34-16-21-4-3-5-22(13-21)33-27-15-23(31-19-32-27)12-20-6-7-24(38-2)25(14-20)39-10-8-30-29(37)26-17-35(9-11-40-26)28(36)18-34/h3-7,13-15,19,26H,8-12,16-18H2,1-2H3,(H,30,37)(H,31,32,33). The lowest BCUT2D eigenvalue weighted by molar-refractivity contribution is -0.147. The molecular weight excluding hydrogens is 512 g/mol. The molecule has 0 aliphatic carbocycles. The van der Waals surface area contributed by atoms with E-state index in [2.05, 4.69) is 20.6 Å². The summed E-state index contributed by atoms with van der Waals surface area (Å²) >= 11 is 0. The first-order chi connectivity index (χ1) is 19.5. The van der Waals surface area contributed by atoms with Crippen LogP contribution in [0.2, 0.25) is 0 Å². The van der Waals surface area contributed by atoms with E-state index in [9.17, 15) is 9.59 Å². The highest BCUT2D eigenvalue weighted by Gasteiger charge is 2.29. The number of benzene rings is 2. The number of carbonyl (C=O) groups is 2. The molecule has 1 aromatic heterocycles. The van der Waals surface area contributed by atoms with Crippen LogP contribution in [-0.2, 0) is 27.3 Å². The Bertz CT molecular complexity index is 1350. The molecule has 2 amide bonds. The summed E-state index contributed by atoms with van der Waals surface area (Å²) in [4.78, 5) is 38.3. The Morgan fingerprint density at radius 3 is 2.80 bits per heavy atom. The average Bonchev–Trinajstić information content (AvgIpc) is 2.95. The first kappa shape index (κ1) is 27.4. The van der Waals surface area contributed by atoms with Gasteiger partial charge in [-0.2, -0.15) is 0 Å². The van der Waals surface area contributed by atoms with E-state index in [0.717, 1.165) is 22.5 Å². The van der Waals surface area contributed by atoms with Crippen molar-refractivity contribution in [3.05, 3.63) is 71.7 Å². The molecule has 5 rings (SSSR count). The third-order valence-corrected chi connectivity index (χ3v) is 6.76. The zero-order valence-corrected chi connectivity index (χ0v) is 22.8. The smallest absolute Gasteiger partial charge is 0.251 e. The number of rotatable bonds is 1. The maximum atomic E-state index is 13.0. The van der Waals surface area contributed by atoms with Gasteiger partial charge in [-0.05, 0) is 42.4 Å². The number of amides is 2. The predicted molar refractivity (Wildman–Crippen MR) is 149 cm³/mol. The molecule has 0 spiro atoms. The third-order valence-electron chi connectivity index (χ3n) is 6.76. The molecule has 2 aliphatic rings. The quantitative estimate of drug-likeness (QED) is 0.472. The topological polar surface area (TPSA) is 118 Å². The van der Waals surface area contributed by atoms with E-state index in [1.807, 2.05) is 60.5 Å². The molecule has 1 fully saturated rings. The van der Waals surface area contributed by atoms with E-state index in [1.54, 1.807) is 18.3 Å². The van der Waals surface area contributed by atoms with Crippen LogP contribution in [0.4, 0.5) is 11.5 Å². The number of nitrogens with one attached hydrogen (secondary N) is 2. The van der Waals surface area contributed by atoms with Crippen molar-refractivity contribution >= 4 is 23.3 Å². The zero-order valence-electron chi connectivity index (χ0n) is 22.8. The summed E-state index contributed by atoms with van der Waals surface area (Å²) in [5.41, 5.74) is 3.78. The van der Waals surface area contributed by atoms with E-state index in [4.69, 9.17) is 14.2 Å². The Morgan fingerprint density at radius 2 is 1.93 bits per heavy atom. The highest BCUT2D eigenvalue weighted by molar-refractivity contribution is 5.83. The zero-order chi connectivity index (χ0) is 27.9. The molecule has 2 aromatic carbocycles. The lowest BCUT2D eigenvalue weighted by Gasteiger charge is -2.33. The van der Waals surface area contributed by atoms with Crippen LogP contribution in [0.15, 0.2) is 54.9 Å². The molecule has 11 nitrogen and oxygen atoms in total. The van der Waals surface area contributed by atoms with Gasteiger partial charge in [0.25, 0.3) is 5.91 Å². The van der Waals surface area contributed by atoms with Crippen molar-refractivity contribution in [2.45, 2.75) is 19.1 Å². The van der Waals surface area contributed by atoms with Crippen molar-refractivity contribution < 1.29 is 23.8 Å². The van der Waals surface area contributed by atoms with Gasteiger partial charge in [-0.1, -0.05) is 18.2 Å². The van der Waals surface area contributed by atoms with Crippen LogP contribution in [-0.4, -0.2) is 91.2 Å². The Kier molecular flexibility index (Phi) is 8.72. The van der Waals surface area contributed by atoms with Gasteiger partial charge < -0.3 is 29.7 Å². The first-order valence-electron chi connectivity index (χ1n) is 13.3. The molecule has 3 aromatic rings. The number of hydrogen-bond donors (Lipinski definition) is 2. The van der Waals surface area contributed by atoms with Crippen LogP contribution in [0.5, 0.6) is 11.5 Å². The average molecular weight is 547 g/mol. The number of aromatic nitrogens is 2. The fourth-order valence-electron chi connectivity index (χ4n) is 4.79. The summed E-state index contributed by atoms with van der Waals surface area (Å²) in [6, 6.07) is 15.7. The SMILES string of the molecule is COc1ccc2cc1OCCNC(=O)C1CN(CCO1)C(=O)CN(C)Cc1cccc(c1)Nc1cc(ncn1)C2. The van der Waals surface area contributed by atoms with Crippen LogP contribution in [0, 0.1) is 0 Å². The number of hydrogen-bond acceptors (Lipinski definition) is 9. The number of morpholine rings is 1. The van der Waals surface area contributed by atoms with Crippen molar-refractivity contribution in [2.75, 3.05) is 58.9 Å². The Hall–Kier alpha value is -4.22. The van der Waals surface area contributed by atoms with Gasteiger partial charge in [-0.15, -0.1) is 0 Å². The molecule has 3 heterocycles. The van der Waals surface area contributed by atoms with Crippen molar-refractivity contribution in [3.8, 4) is 11.5 Å². The number of carbonyl (C=O) groups excluding carboxylic acids is 2. The summed E-state index contributed by atoms with van der Waals surface area (Å²) < 4.78 is 17.1. The van der Waals surface area contributed by atoms with Gasteiger partial charge in [-0.3, -0.25) is 14.5 Å². The summed E-state index contributed by atoms with van der Waals surface area (Å²) in [7, 11) is 3.49. The Labute approximate surface area is 233 Å². The van der Waals surface area contributed by atoms with E-state index in [1.165, 1.54) is 0 Å². The first-order valence-corrected chi connectivity index (χ1v) is 13.3. The molecule has 2 N–H and O–H groups in total. The van der Waals surface area contributed by atoms with Gasteiger partial charge in [0.1, 0.15) is 18.8 Å². The molecule has 1 saturated heterocycles. The molecule has 1 unspecified atom stereocenters. The van der Waals surface area contributed by atoms with Crippen LogP contribution in [0.3, 0.4) is 0 Å². The van der Waals surface area contributed by atoms with Gasteiger partial charge in [0.2, 0.25) is 5.91 Å². The molecule has 0 saturated carbocycles. The highest BCUT2D eigenvalue weighted by atomic mass is 16.5. The van der Waals surface area contributed by atoms with Gasteiger partial charge >= 0.3 is 0 Å². The highest BCUT2D eigenvalue weighted by Crippen LogP contribution is 2.29. The number of anilines is 2. The van der Waals surface area contributed by atoms with Gasteiger partial charge in [0.15, 0.2) is 17.6 Å². The minimum atomic E-state index is -0.721. The van der Waals surface area contributed by atoms with Crippen molar-refractivity contribution in [1.29, 1.82) is 0 Å². The van der Waals surface area contributed by atoms with Gasteiger partial charge in [-0.25, -0.2) is 9.97 Å². The normalized spacial score (nSPS) is 19.1. The Balaban J connectivity index is 1.39. The molecule has 8 bridgehead atoms. The second-order valence-corrected chi connectivity index (χ2v) is 9.89. The third kappa shape index (κ3) is 7.04. The minimum Gasteiger partial charge on any atom is -0.493 e. The number of nitrogens with zero attached hydrogens (tertiary/aromatic N) is 4. The molecule has 40 heavy (non-hydrogen) atoms. The number of likely N-dealkylation sites (N-methyl/N-ethyl adjacent to an activating group) is 1. The molecular formula is C29H34N6O5. The van der Waals surface area contributed by atoms with Crippen LogP contribution >= 0.6 is 0 Å². The van der Waals surface area contributed by atoms with E-state index in [0.29, 0.717) is 43.4 Å². The summed E-state index contributed by atoms with van der Waals surface area (Å²) in [5, 5.41) is 6.22. The summed E-state index contributed by atoms with van der Waals surface area (Å²) in [5.74, 6) is 1.55. The molecule has 2 aliphatic heterocycles. The minimum absolute atomic E-state index is 0.0416. The summed E-state index contributed by atoms with van der Waals surface area (Å²) in [6.45, 7) is 2.32. The fourth-order valence-corrected chi connectivity index (χ4v) is 4.79. The Morgan fingerprint density at radius 1 is 1.02 bits per heavy atom. The lowest BCUT2D eigenvalue weighted by atomic mass is 10.1. The van der Waals surface area contributed by atoms with Crippen LogP contribution in [0.1, 0.15) is 16.8 Å². The molecule has 11 heteroatoms. The van der Waals surface area contributed by atoms with Crippen molar-refractivity contribution in [1.82, 2.24) is 25.1 Å². The fraction of sp³-hybridized carbons (Fsp3) is 0.379. The largest absolute Gasteiger partial charge is 0.493 e. The van der Waals surface area contributed by atoms with Crippen LogP contribution in [0.25, 0.3) is 0 Å². The number of methoxy groups -OCH3 is 1. The van der Waals surface area contributed by atoms with Gasteiger partial charge in [0, 0.05) is 31.3 Å². The maximum Gasteiger partial charge on any atom is 0.251 e.